The summed E-state index contributed by atoms with van der Waals surface area (Å²) in [5, 5.41) is 12.3. The average molecular weight is 394 g/mol. The lowest BCUT2D eigenvalue weighted by molar-refractivity contribution is -0.124. The van der Waals surface area contributed by atoms with Gasteiger partial charge in [-0.25, -0.2) is 4.79 Å². The maximum absolute atomic E-state index is 11.9. The molecule has 0 radical (unpaired) electrons. The van der Waals surface area contributed by atoms with Gasteiger partial charge < -0.3 is 19.9 Å². The largest absolute Gasteiger partial charge is 0.507 e. The van der Waals surface area contributed by atoms with Crippen molar-refractivity contribution in [2.45, 2.75) is 6.54 Å². The van der Waals surface area contributed by atoms with Gasteiger partial charge in [-0.15, -0.1) is 0 Å². The Labute approximate surface area is 147 Å². The van der Waals surface area contributed by atoms with E-state index >= 15 is 0 Å². The summed E-state index contributed by atoms with van der Waals surface area (Å²) < 4.78 is 10.6. The molecule has 6 nitrogen and oxygen atoms in total. The fourth-order valence-electron chi connectivity index (χ4n) is 1.91. The van der Waals surface area contributed by atoms with Gasteiger partial charge in [0.05, 0.1) is 7.11 Å². The van der Waals surface area contributed by atoms with Crippen molar-refractivity contribution < 1.29 is 24.2 Å². The van der Waals surface area contributed by atoms with Gasteiger partial charge in [0, 0.05) is 11.0 Å². The van der Waals surface area contributed by atoms with Gasteiger partial charge in [-0.1, -0.05) is 28.1 Å². The molecule has 0 spiro atoms. The molecule has 0 heterocycles. The normalized spacial score (nSPS) is 10.1. The van der Waals surface area contributed by atoms with Crippen LogP contribution in [0.2, 0.25) is 0 Å². The predicted octanol–water partition coefficient (Wildman–Crippen LogP) is 2.64. The number of phenolic OH excluding ortho intramolecular Hbond substituents is 1. The molecule has 7 heteroatoms. The molecule has 126 valence electrons. The van der Waals surface area contributed by atoms with Crippen LogP contribution in [0, 0.1) is 0 Å². The Morgan fingerprint density at radius 1 is 1.21 bits per heavy atom. The number of benzene rings is 2. The zero-order valence-electron chi connectivity index (χ0n) is 12.9. The van der Waals surface area contributed by atoms with Gasteiger partial charge in [0.2, 0.25) is 0 Å². The lowest BCUT2D eigenvalue weighted by Crippen LogP contribution is -2.28. The lowest BCUT2D eigenvalue weighted by Gasteiger charge is -2.08. The molecule has 0 aromatic heterocycles. The molecule has 2 aromatic rings. The summed E-state index contributed by atoms with van der Waals surface area (Å²) in [7, 11) is 1.56. The number of amides is 1. The molecule has 0 aliphatic rings. The molecule has 24 heavy (non-hydrogen) atoms. The molecular formula is C17H16BrNO5. The van der Waals surface area contributed by atoms with Gasteiger partial charge in [0.1, 0.15) is 17.1 Å². The first-order chi connectivity index (χ1) is 11.5. The summed E-state index contributed by atoms with van der Waals surface area (Å²) >= 11 is 3.20. The van der Waals surface area contributed by atoms with Crippen LogP contribution in [0.4, 0.5) is 0 Å². The first-order valence-corrected chi connectivity index (χ1v) is 7.84. The number of methoxy groups -OCH3 is 1. The van der Waals surface area contributed by atoms with E-state index in [2.05, 4.69) is 21.2 Å². The number of rotatable bonds is 6. The summed E-state index contributed by atoms with van der Waals surface area (Å²) in [6.07, 6.45) is 0. The molecule has 2 aromatic carbocycles. The van der Waals surface area contributed by atoms with E-state index in [-0.39, 0.29) is 17.9 Å². The Balaban J connectivity index is 1.84. The molecule has 0 fully saturated rings. The standard InChI is InChI=1S/C17H16BrNO5/c1-23-13-4-2-3-11(7-13)9-19-16(21)10-24-17(22)14-8-12(18)5-6-15(14)20/h2-8,20H,9-10H2,1H3,(H,19,21). The van der Waals surface area contributed by atoms with Crippen molar-refractivity contribution in [3.8, 4) is 11.5 Å². The number of halogens is 1. The summed E-state index contributed by atoms with van der Waals surface area (Å²) in [6.45, 7) is -0.148. The molecule has 0 atom stereocenters. The Morgan fingerprint density at radius 2 is 2.00 bits per heavy atom. The number of carbonyl (C=O) groups excluding carboxylic acids is 2. The van der Waals surface area contributed by atoms with Crippen LogP contribution in [0.15, 0.2) is 46.9 Å². The molecule has 2 rings (SSSR count). The van der Waals surface area contributed by atoms with Crippen LogP contribution in [0.5, 0.6) is 11.5 Å². The Bertz CT molecular complexity index is 748. The van der Waals surface area contributed by atoms with Crippen LogP contribution < -0.4 is 10.1 Å². The summed E-state index contributed by atoms with van der Waals surface area (Å²) in [4.78, 5) is 23.6. The van der Waals surface area contributed by atoms with E-state index < -0.39 is 18.5 Å². The molecule has 2 N–H and O–H groups in total. The molecule has 0 aliphatic carbocycles. The highest BCUT2D eigenvalue weighted by atomic mass is 79.9. The topological polar surface area (TPSA) is 84.9 Å². The number of nitrogens with one attached hydrogen (secondary N) is 1. The maximum Gasteiger partial charge on any atom is 0.342 e. The van der Waals surface area contributed by atoms with E-state index in [4.69, 9.17) is 9.47 Å². The number of aromatic hydroxyl groups is 1. The van der Waals surface area contributed by atoms with Crippen molar-refractivity contribution in [1.29, 1.82) is 0 Å². The van der Waals surface area contributed by atoms with Gasteiger partial charge in [-0.05, 0) is 35.9 Å². The molecule has 0 aliphatic heterocycles. The second-order valence-corrected chi connectivity index (χ2v) is 5.78. The third-order valence-electron chi connectivity index (χ3n) is 3.14. The Kier molecular flexibility index (Phi) is 6.20. The van der Waals surface area contributed by atoms with Crippen molar-refractivity contribution >= 4 is 27.8 Å². The number of ether oxygens (including phenoxy) is 2. The first kappa shape index (κ1) is 17.8. The van der Waals surface area contributed by atoms with E-state index in [0.717, 1.165) is 5.56 Å². The van der Waals surface area contributed by atoms with Gasteiger partial charge in [0.15, 0.2) is 6.61 Å². The predicted molar refractivity (Wildman–Crippen MR) is 90.9 cm³/mol. The highest BCUT2D eigenvalue weighted by molar-refractivity contribution is 9.10. The van der Waals surface area contributed by atoms with Crippen molar-refractivity contribution in [3.05, 3.63) is 58.1 Å². The second kappa shape index (κ2) is 8.35. The maximum atomic E-state index is 11.9. The smallest absolute Gasteiger partial charge is 0.342 e. The van der Waals surface area contributed by atoms with Crippen LogP contribution in [0.1, 0.15) is 15.9 Å². The second-order valence-electron chi connectivity index (χ2n) is 4.87. The fourth-order valence-corrected chi connectivity index (χ4v) is 2.28. The Morgan fingerprint density at radius 3 is 2.75 bits per heavy atom. The highest BCUT2D eigenvalue weighted by Gasteiger charge is 2.14. The first-order valence-electron chi connectivity index (χ1n) is 7.05. The van der Waals surface area contributed by atoms with E-state index in [1.165, 1.54) is 12.1 Å². The molecule has 0 saturated carbocycles. The fraction of sp³-hybridized carbons (Fsp3) is 0.176. The van der Waals surface area contributed by atoms with Crippen molar-refractivity contribution in [2.24, 2.45) is 0 Å². The van der Waals surface area contributed by atoms with Crippen molar-refractivity contribution in [3.63, 3.8) is 0 Å². The van der Waals surface area contributed by atoms with Crippen LogP contribution in [-0.4, -0.2) is 30.7 Å². The van der Waals surface area contributed by atoms with E-state index in [9.17, 15) is 14.7 Å². The van der Waals surface area contributed by atoms with Crippen LogP contribution in [0.25, 0.3) is 0 Å². The zero-order valence-corrected chi connectivity index (χ0v) is 14.5. The molecule has 1 amide bonds. The SMILES string of the molecule is COc1cccc(CNC(=O)COC(=O)c2cc(Br)ccc2O)c1. The molecular weight excluding hydrogens is 378 g/mol. The van der Waals surface area contributed by atoms with Gasteiger partial charge in [-0.3, -0.25) is 4.79 Å². The third kappa shape index (κ3) is 4.99. The minimum Gasteiger partial charge on any atom is -0.507 e. The van der Waals surface area contributed by atoms with E-state index in [0.29, 0.717) is 10.2 Å². The van der Waals surface area contributed by atoms with Gasteiger partial charge in [0.25, 0.3) is 5.91 Å². The molecule has 0 unspecified atom stereocenters. The molecule has 0 bridgehead atoms. The number of esters is 1. The number of hydrogen-bond acceptors (Lipinski definition) is 5. The lowest BCUT2D eigenvalue weighted by atomic mass is 10.2. The molecule has 0 saturated heterocycles. The van der Waals surface area contributed by atoms with Crippen LogP contribution in [-0.2, 0) is 16.1 Å². The third-order valence-corrected chi connectivity index (χ3v) is 3.63. The number of hydrogen-bond donors (Lipinski definition) is 2. The van der Waals surface area contributed by atoms with Crippen LogP contribution in [0.3, 0.4) is 0 Å². The monoisotopic (exact) mass is 393 g/mol. The minimum atomic E-state index is -0.773. The number of carbonyl (C=O) groups is 2. The average Bonchev–Trinajstić information content (AvgIpc) is 2.60. The highest BCUT2D eigenvalue weighted by Crippen LogP contribution is 2.22. The summed E-state index contributed by atoms with van der Waals surface area (Å²) in [5.74, 6) is -0.732. The Hall–Kier alpha value is -2.54. The van der Waals surface area contributed by atoms with E-state index in [1.54, 1.807) is 25.3 Å². The summed E-state index contributed by atoms with van der Waals surface area (Å²) in [6, 6.07) is 11.6. The zero-order chi connectivity index (χ0) is 17.5. The van der Waals surface area contributed by atoms with Gasteiger partial charge >= 0.3 is 5.97 Å². The minimum absolute atomic E-state index is 0.00929. The van der Waals surface area contributed by atoms with Crippen LogP contribution >= 0.6 is 15.9 Å². The van der Waals surface area contributed by atoms with Crippen molar-refractivity contribution in [1.82, 2.24) is 5.32 Å². The summed E-state index contributed by atoms with van der Waals surface area (Å²) in [5.41, 5.74) is 0.851. The number of phenols is 1. The van der Waals surface area contributed by atoms with E-state index in [1.807, 2.05) is 12.1 Å². The van der Waals surface area contributed by atoms with Gasteiger partial charge in [-0.2, -0.15) is 0 Å². The quantitative estimate of drug-likeness (QED) is 0.736. The van der Waals surface area contributed by atoms with Crippen molar-refractivity contribution in [2.75, 3.05) is 13.7 Å².